The zero-order valence-corrected chi connectivity index (χ0v) is 14.9. The van der Waals surface area contributed by atoms with Crippen molar-refractivity contribution in [1.29, 1.82) is 0 Å². The molecule has 2 nitrogen and oxygen atoms in total. The number of aliphatic imine (C=N–C) groups is 1. The van der Waals surface area contributed by atoms with Gasteiger partial charge in [0.25, 0.3) is 0 Å². The molecular weight excluding hydrogens is 328 g/mol. The lowest BCUT2D eigenvalue weighted by Crippen LogP contribution is -2.05. The standard InChI is InChI=1S/C22H19ClN2/c1-22(12-13-22)21-19(23)14-18(15-24-21)25-20(16-8-4-2-5-9-16)17-10-6-3-7-11-17/h2-11,14-15H,12-13H2,1H3. The first-order chi connectivity index (χ1) is 12.2. The van der Waals surface area contributed by atoms with Gasteiger partial charge < -0.3 is 0 Å². The number of hydrogen-bond donors (Lipinski definition) is 0. The topological polar surface area (TPSA) is 25.2 Å². The molecule has 124 valence electrons. The molecule has 2 aromatic carbocycles. The average molecular weight is 347 g/mol. The first-order valence-corrected chi connectivity index (χ1v) is 8.89. The number of nitrogens with zero attached hydrogens (tertiary/aromatic N) is 2. The van der Waals surface area contributed by atoms with Crippen LogP contribution in [0, 0.1) is 0 Å². The van der Waals surface area contributed by atoms with E-state index in [1.807, 2.05) is 48.7 Å². The largest absolute Gasteiger partial charge is 0.257 e. The van der Waals surface area contributed by atoms with Crippen LogP contribution in [0.4, 0.5) is 5.69 Å². The predicted molar refractivity (Wildman–Crippen MR) is 104 cm³/mol. The number of aromatic nitrogens is 1. The summed E-state index contributed by atoms with van der Waals surface area (Å²) in [5.41, 5.74) is 4.99. The van der Waals surface area contributed by atoms with Crippen molar-refractivity contribution in [1.82, 2.24) is 4.98 Å². The third-order valence-electron chi connectivity index (χ3n) is 4.73. The minimum Gasteiger partial charge on any atom is -0.257 e. The molecule has 1 aliphatic rings. The van der Waals surface area contributed by atoms with Crippen LogP contribution in [-0.4, -0.2) is 10.7 Å². The molecule has 1 saturated carbocycles. The van der Waals surface area contributed by atoms with Crippen molar-refractivity contribution in [2.45, 2.75) is 25.2 Å². The quantitative estimate of drug-likeness (QED) is 0.535. The van der Waals surface area contributed by atoms with E-state index < -0.39 is 0 Å². The molecule has 1 fully saturated rings. The second-order valence-electron chi connectivity index (χ2n) is 6.78. The lowest BCUT2D eigenvalue weighted by molar-refractivity contribution is 0.750. The molecule has 1 heterocycles. The van der Waals surface area contributed by atoms with E-state index in [-0.39, 0.29) is 5.41 Å². The molecule has 4 rings (SSSR count). The van der Waals surface area contributed by atoms with Gasteiger partial charge in [0.05, 0.1) is 28.3 Å². The summed E-state index contributed by atoms with van der Waals surface area (Å²) in [5.74, 6) is 0. The maximum Gasteiger partial charge on any atom is 0.0835 e. The molecule has 25 heavy (non-hydrogen) atoms. The van der Waals surface area contributed by atoms with E-state index in [2.05, 4.69) is 36.2 Å². The Morgan fingerprint density at radius 3 is 2.00 bits per heavy atom. The van der Waals surface area contributed by atoms with Crippen molar-refractivity contribution in [2.75, 3.05) is 0 Å². The Labute approximate surface area is 153 Å². The summed E-state index contributed by atoms with van der Waals surface area (Å²) in [6.45, 7) is 2.21. The Morgan fingerprint density at radius 2 is 1.52 bits per heavy atom. The SMILES string of the molecule is CC1(c2ncc(N=C(c3ccccc3)c3ccccc3)cc2Cl)CC1. The van der Waals surface area contributed by atoms with Gasteiger partial charge in [0.15, 0.2) is 0 Å². The van der Waals surface area contributed by atoms with Gasteiger partial charge in [0.1, 0.15) is 0 Å². The summed E-state index contributed by atoms with van der Waals surface area (Å²) >= 11 is 6.50. The van der Waals surface area contributed by atoms with Gasteiger partial charge in [-0.05, 0) is 18.9 Å². The number of benzene rings is 2. The number of halogens is 1. The third kappa shape index (κ3) is 3.35. The third-order valence-corrected chi connectivity index (χ3v) is 5.02. The highest BCUT2D eigenvalue weighted by Gasteiger charge is 2.42. The molecule has 1 aromatic heterocycles. The fourth-order valence-electron chi connectivity index (χ4n) is 2.97. The highest BCUT2D eigenvalue weighted by Crippen LogP contribution is 2.49. The van der Waals surface area contributed by atoms with Crippen LogP contribution in [0.25, 0.3) is 0 Å². The summed E-state index contributed by atoms with van der Waals surface area (Å²) < 4.78 is 0. The van der Waals surface area contributed by atoms with E-state index >= 15 is 0 Å². The van der Waals surface area contributed by atoms with E-state index in [0.29, 0.717) is 5.02 Å². The van der Waals surface area contributed by atoms with Gasteiger partial charge in [0, 0.05) is 16.5 Å². The average Bonchev–Trinajstić information content (AvgIpc) is 3.39. The zero-order valence-electron chi connectivity index (χ0n) is 14.1. The molecule has 0 N–H and O–H groups in total. The van der Waals surface area contributed by atoms with Crippen LogP contribution < -0.4 is 0 Å². The minimum absolute atomic E-state index is 0.154. The Morgan fingerprint density at radius 1 is 0.960 bits per heavy atom. The molecule has 1 aliphatic carbocycles. The van der Waals surface area contributed by atoms with Crippen molar-refractivity contribution in [3.63, 3.8) is 0 Å². The van der Waals surface area contributed by atoms with Crippen molar-refractivity contribution in [2.24, 2.45) is 4.99 Å². The second kappa shape index (κ2) is 6.45. The smallest absolute Gasteiger partial charge is 0.0835 e. The van der Waals surface area contributed by atoms with Gasteiger partial charge in [-0.3, -0.25) is 4.98 Å². The zero-order chi connectivity index (χ0) is 17.3. The number of rotatable bonds is 4. The molecule has 0 saturated heterocycles. The van der Waals surface area contributed by atoms with Crippen LogP contribution in [0.5, 0.6) is 0 Å². The Kier molecular flexibility index (Phi) is 4.14. The molecule has 0 radical (unpaired) electrons. The van der Waals surface area contributed by atoms with E-state index in [9.17, 15) is 0 Å². The van der Waals surface area contributed by atoms with E-state index in [0.717, 1.165) is 41.1 Å². The molecule has 0 amide bonds. The first-order valence-electron chi connectivity index (χ1n) is 8.51. The molecule has 0 spiro atoms. The Balaban J connectivity index is 1.78. The highest BCUT2D eigenvalue weighted by molar-refractivity contribution is 6.31. The molecule has 0 aliphatic heterocycles. The Hall–Kier alpha value is -2.45. The number of hydrogen-bond acceptors (Lipinski definition) is 2. The van der Waals surface area contributed by atoms with Crippen molar-refractivity contribution in [3.8, 4) is 0 Å². The second-order valence-corrected chi connectivity index (χ2v) is 7.18. The minimum atomic E-state index is 0.154. The van der Waals surface area contributed by atoms with Crippen LogP contribution in [0.1, 0.15) is 36.6 Å². The van der Waals surface area contributed by atoms with Crippen LogP contribution >= 0.6 is 11.6 Å². The lowest BCUT2D eigenvalue weighted by atomic mass is 10.0. The predicted octanol–water partition coefficient (Wildman–Crippen LogP) is 5.96. The Bertz CT molecular complexity index is 872. The molecule has 3 heteroatoms. The van der Waals surface area contributed by atoms with E-state index in [1.165, 1.54) is 0 Å². The maximum absolute atomic E-state index is 6.50. The van der Waals surface area contributed by atoms with E-state index in [4.69, 9.17) is 16.6 Å². The van der Waals surface area contributed by atoms with Crippen LogP contribution in [0.3, 0.4) is 0 Å². The summed E-state index contributed by atoms with van der Waals surface area (Å²) in [7, 11) is 0. The summed E-state index contributed by atoms with van der Waals surface area (Å²) in [5, 5.41) is 0.710. The molecule has 0 bridgehead atoms. The molecule has 0 atom stereocenters. The van der Waals surface area contributed by atoms with Crippen molar-refractivity contribution in [3.05, 3.63) is 94.8 Å². The van der Waals surface area contributed by atoms with E-state index in [1.54, 1.807) is 0 Å². The van der Waals surface area contributed by atoms with Crippen LogP contribution in [-0.2, 0) is 5.41 Å². The van der Waals surface area contributed by atoms with Gasteiger partial charge in [-0.25, -0.2) is 4.99 Å². The molecule has 0 unspecified atom stereocenters. The fourth-order valence-corrected chi connectivity index (χ4v) is 3.36. The van der Waals surface area contributed by atoms with Gasteiger partial charge >= 0.3 is 0 Å². The van der Waals surface area contributed by atoms with Gasteiger partial charge in [-0.15, -0.1) is 0 Å². The molecular formula is C22H19ClN2. The monoisotopic (exact) mass is 346 g/mol. The fraction of sp³-hybridized carbons (Fsp3) is 0.182. The number of pyridine rings is 1. The van der Waals surface area contributed by atoms with Gasteiger partial charge in [0.2, 0.25) is 0 Å². The van der Waals surface area contributed by atoms with Crippen LogP contribution in [0.15, 0.2) is 77.9 Å². The van der Waals surface area contributed by atoms with Crippen molar-refractivity contribution < 1.29 is 0 Å². The molecule has 3 aromatic rings. The summed E-state index contributed by atoms with van der Waals surface area (Å²) in [6, 6.07) is 22.3. The van der Waals surface area contributed by atoms with Gasteiger partial charge in [-0.2, -0.15) is 0 Å². The van der Waals surface area contributed by atoms with Gasteiger partial charge in [-0.1, -0.05) is 79.2 Å². The lowest BCUT2D eigenvalue weighted by Gasteiger charge is -2.11. The van der Waals surface area contributed by atoms with Crippen molar-refractivity contribution >= 4 is 23.0 Å². The first kappa shape index (κ1) is 16.0. The van der Waals surface area contributed by atoms with Crippen LogP contribution in [0.2, 0.25) is 5.02 Å². The normalized spacial score (nSPS) is 14.8. The summed E-state index contributed by atoms with van der Waals surface area (Å²) in [6.07, 6.45) is 4.14. The highest BCUT2D eigenvalue weighted by atomic mass is 35.5. The maximum atomic E-state index is 6.50. The summed E-state index contributed by atoms with van der Waals surface area (Å²) in [4.78, 5) is 9.49.